The topological polar surface area (TPSA) is 43.8 Å². The second-order valence-electron chi connectivity index (χ2n) is 4.09. The minimum absolute atomic E-state index is 0.0334. The maximum atomic E-state index is 6.15. The smallest absolute Gasteiger partial charge is 0.0834 e. The van der Waals surface area contributed by atoms with Gasteiger partial charge in [0.05, 0.1) is 23.0 Å². The second kappa shape index (κ2) is 6.52. The SMILES string of the molecule is CCCn1ncc(Cl)c1C(N)CSC(C)C. The fourth-order valence-corrected chi connectivity index (χ4v) is 2.54. The molecule has 1 heterocycles. The Morgan fingerprint density at radius 2 is 2.25 bits per heavy atom. The molecule has 1 atom stereocenters. The van der Waals surface area contributed by atoms with Crippen molar-refractivity contribution in [3.8, 4) is 0 Å². The van der Waals surface area contributed by atoms with E-state index in [1.54, 1.807) is 6.20 Å². The van der Waals surface area contributed by atoms with E-state index in [0.29, 0.717) is 10.3 Å². The summed E-state index contributed by atoms with van der Waals surface area (Å²) in [6, 6.07) is -0.0334. The Hall–Kier alpha value is -0.190. The van der Waals surface area contributed by atoms with Crippen LogP contribution in [0.1, 0.15) is 38.9 Å². The molecular weight excluding hydrogens is 242 g/mol. The van der Waals surface area contributed by atoms with Crippen molar-refractivity contribution in [3.05, 3.63) is 16.9 Å². The van der Waals surface area contributed by atoms with Crippen LogP contribution in [0.25, 0.3) is 0 Å². The Balaban J connectivity index is 2.72. The molecule has 0 bridgehead atoms. The predicted octanol–water partition coefficient (Wildman–Crippen LogP) is 3.09. The van der Waals surface area contributed by atoms with Crippen molar-refractivity contribution in [2.75, 3.05) is 5.75 Å². The zero-order chi connectivity index (χ0) is 12.1. The average Bonchev–Trinajstić information content (AvgIpc) is 2.57. The van der Waals surface area contributed by atoms with Crippen LogP contribution in [0.15, 0.2) is 6.20 Å². The van der Waals surface area contributed by atoms with E-state index in [9.17, 15) is 0 Å². The standard InChI is InChI=1S/C11H20ClN3S/c1-4-5-15-11(9(12)6-14-15)10(13)7-16-8(2)3/h6,8,10H,4-5,7,13H2,1-3H3. The third-order valence-electron chi connectivity index (χ3n) is 2.23. The number of thioether (sulfide) groups is 1. The van der Waals surface area contributed by atoms with E-state index in [1.807, 2.05) is 16.4 Å². The molecule has 0 aliphatic rings. The molecule has 1 unspecified atom stereocenters. The summed E-state index contributed by atoms with van der Waals surface area (Å²) in [5, 5.41) is 5.52. The summed E-state index contributed by atoms with van der Waals surface area (Å²) in [5.41, 5.74) is 7.12. The fourth-order valence-electron chi connectivity index (χ4n) is 1.51. The lowest BCUT2D eigenvalue weighted by atomic mass is 10.2. The van der Waals surface area contributed by atoms with E-state index < -0.39 is 0 Å². The lowest BCUT2D eigenvalue weighted by molar-refractivity contribution is 0.554. The Bertz CT molecular complexity index is 325. The summed E-state index contributed by atoms with van der Waals surface area (Å²) in [6.45, 7) is 7.33. The third-order valence-corrected chi connectivity index (χ3v) is 3.74. The Kier molecular flexibility index (Phi) is 5.66. The van der Waals surface area contributed by atoms with Crippen LogP contribution in [0.4, 0.5) is 0 Å². The molecule has 0 aromatic carbocycles. The first-order valence-electron chi connectivity index (χ1n) is 5.64. The minimum atomic E-state index is -0.0334. The molecule has 16 heavy (non-hydrogen) atoms. The summed E-state index contributed by atoms with van der Waals surface area (Å²) >= 11 is 7.97. The highest BCUT2D eigenvalue weighted by Crippen LogP contribution is 2.25. The maximum absolute atomic E-state index is 6.15. The highest BCUT2D eigenvalue weighted by atomic mass is 35.5. The van der Waals surface area contributed by atoms with E-state index in [4.69, 9.17) is 17.3 Å². The molecule has 1 rings (SSSR count). The first-order valence-corrected chi connectivity index (χ1v) is 7.07. The zero-order valence-corrected chi connectivity index (χ0v) is 11.7. The van der Waals surface area contributed by atoms with Crippen molar-refractivity contribution in [1.82, 2.24) is 9.78 Å². The largest absolute Gasteiger partial charge is 0.322 e. The summed E-state index contributed by atoms with van der Waals surface area (Å²) in [5.74, 6) is 0.882. The summed E-state index contributed by atoms with van der Waals surface area (Å²) in [7, 11) is 0. The highest BCUT2D eigenvalue weighted by Gasteiger charge is 2.16. The van der Waals surface area contributed by atoms with Crippen molar-refractivity contribution < 1.29 is 0 Å². The number of hydrogen-bond acceptors (Lipinski definition) is 3. The maximum Gasteiger partial charge on any atom is 0.0834 e. The van der Waals surface area contributed by atoms with Crippen LogP contribution in [-0.2, 0) is 6.54 Å². The van der Waals surface area contributed by atoms with Gasteiger partial charge in [-0.15, -0.1) is 0 Å². The van der Waals surface area contributed by atoms with Gasteiger partial charge >= 0.3 is 0 Å². The molecule has 0 fully saturated rings. The van der Waals surface area contributed by atoms with Crippen LogP contribution in [0, 0.1) is 0 Å². The van der Waals surface area contributed by atoms with Crippen molar-refractivity contribution in [2.24, 2.45) is 5.73 Å². The van der Waals surface area contributed by atoms with Gasteiger partial charge in [-0.1, -0.05) is 32.4 Å². The molecule has 0 aliphatic carbocycles. The van der Waals surface area contributed by atoms with Gasteiger partial charge in [0.25, 0.3) is 0 Å². The quantitative estimate of drug-likeness (QED) is 0.856. The van der Waals surface area contributed by atoms with E-state index >= 15 is 0 Å². The Labute approximate surface area is 107 Å². The molecule has 1 aromatic heterocycles. The van der Waals surface area contributed by atoms with Crippen molar-refractivity contribution in [3.63, 3.8) is 0 Å². The number of hydrogen-bond donors (Lipinski definition) is 1. The molecule has 0 amide bonds. The summed E-state index contributed by atoms with van der Waals surface area (Å²) < 4.78 is 1.92. The molecule has 2 N–H and O–H groups in total. The average molecular weight is 262 g/mol. The monoisotopic (exact) mass is 261 g/mol. The molecule has 3 nitrogen and oxygen atoms in total. The first-order chi connectivity index (χ1) is 7.56. The molecule has 0 saturated heterocycles. The number of rotatable bonds is 6. The number of nitrogens with zero attached hydrogens (tertiary/aromatic N) is 2. The van der Waals surface area contributed by atoms with Gasteiger partial charge in [-0.05, 0) is 11.7 Å². The van der Waals surface area contributed by atoms with Gasteiger partial charge in [0.1, 0.15) is 0 Å². The van der Waals surface area contributed by atoms with Crippen LogP contribution < -0.4 is 5.73 Å². The molecule has 0 aliphatic heterocycles. The molecule has 1 aromatic rings. The van der Waals surface area contributed by atoms with E-state index in [-0.39, 0.29) is 6.04 Å². The Morgan fingerprint density at radius 3 is 2.81 bits per heavy atom. The lowest BCUT2D eigenvalue weighted by Crippen LogP contribution is -2.19. The second-order valence-corrected chi connectivity index (χ2v) is 6.11. The van der Waals surface area contributed by atoms with E-state index in [2.05, 4.69) is 25.9 Å². The molecular formula is C11H20ClN3S. The normalized spacial score (nSPS) is 13.4. The van der Waals surface area contributed by atoms with Gasteiger partial charge in [-0.25, -0.2) is 0 Å². The van der Waals surface area contributed by atoms with Gasteiger partial charge < -0.3 is 5.73 Å². The predicted molar refractivity (Wildman–Crippen MR) is 72.1 cm³/mol. The van der Waals surface area contributed by atoms with Gasteiger partial charge in [0.2, 0.25) is 0 Å². The summed E-state index contributed by atoms with van der Waals surface area (Å²) in [4.78, 5) is 0. The van der Waals surface area contributed by atoms with Gasteiger partial charge in [0, 0.05) is 12.3 Å². The molecule has 5 heteroatoms. The van der Waals surface area contributed by atoms with Crippen LogP contribution in [0.2, 0.25) is 5.02 Å². The van der Waals surface area contributed by atoms with Gasteiger partial charge in [0.15, 0.2) is 0 Å². The van der Waals surface area contributed by atoms with Gasteiger partial charge in [-0.3, -0.25) is 4.68 Å². The first kappa shape index (κ1) is 13.9. The highest BCUT2D eigenvalue weighted by molar-refractivity contribution is 7.99. The number of aryl methyl sites for hydroxylation is 1. The summed E-state index contributed by atoms with van der Waals surface area (Å²) in [6.07, 6.45) is 2.72. The third kappa shape index (κ3) is 3.68. The number of nitrogens with two attached hydrogens (primary N) is 1. The van der Waals surface area contributed by atoms with Crippen LogP contribution >= 0.6 is 23.4 Å². The van der Waals surface area contributed by atoms with E-state index in [1.165, 1.54) is 0 Å². The minimum Gasteiger partial charge on any atom is -0.322 e. The molecule has 92 valence electrons. The van der Waals surface area contributed by atoms with E-state index in [0.717, 1.165) is 24.4 Å². The van der Waals surface area contributed by atoms with Crippen molar-refractivity contribution in [2.45, 2.75) is 45.0 Å². The number of halogens is 1. The van der Waals surface area contributed by atoms with Crippen LogP contribution in [0.3, 0.4) is 0 Å². The van der Waals surface area contributed by atoms with Crippen molar-refractivity contribution >= 4 is 23.4 Å². The van der Waals surface area contributed by atoms with Crippen LogP contribution in [0.5, 0.6) is 0 Å². The Morgan fingerprint density at radius 1 is 1.56 bits per heavy atom. The lowest BCUT2D eigenvalue weighted by Gasteiger charge is -2.15. The molecule has 0 saturated carbocycles. The van der Waals surface area contributed by atoms with Crippen molar-refractivity contribution in [1.29, 1.82) is 0 Å². The fraction of sp³-hybridized carbons (Fsp3) is 0.727. The van der Waals surface area contributed by atoms with Gasteiger partial charge in [-0.2, -0.15) is 16.9 Å². The number of aromatic nitrogens is 2. The molecule has 0 radical (unpaired) electrons. The zero-order valence-electron chi connectivity index (χ0n) is 10.1. The van der Waals surface area contributed by atoms with Crippen LogP contribution in [-0.4, -0.2) is 20.8 Å². The molecule has 0 spiro atoms.